The van der Waals surface area contributed by atoms with Gasteiger partial charge in [0, 0.05) is 18.6 Å². The van der Waals surface area contributed by atoms with Gasteiger partial charge in [0.1, 0.15) is 0 Å². The van der Waals surface area contributed by atoms with Crippen LogP contribution in [0.2, 0.25) is 0 Å². The van der Waals surface area contributed by atoms with Crippen LogP contribution in [0.1, 0.15) is 25.7 Å². The highest BCUT2D eigenvalue weighted by Gasteiger charge is 2.26. The second-order valence-corrected chi connectivity index (χ2v) is 6.89. The molecule has 2 heterocycles. The van der Waals surface area contributed by atoms with E-state index in [1.165, 1.54) is 12.8 Å². The molecular weight excluding hydrogens is 212 g/mol. The van der Waals surface area contributed by atoms with Crippen LogP contribution >= 0.6 is 0 Å². The summed E-state index contributed by atoms with van der Waals surface area (Å²) in [5, 5.41) is 6.80. The van der Waals surface area contributed by atoms with Gasteiger partial charge in [0.25, 0.3) is 0 Å². The number of rotatable bonds is 2. The van der Waals surface area contributed by atoms with Crippen molar-refractivity contribution < 1.29 is 8.42 Å². The number of nitrogens with one attached hydrogen (secondary N) is 2. The molecule has 15 heavy (non-hydrogen) atoms. The average Bonchev–Trinajstić information content (AvgIpc) is 2.17. The van der Waals surface area contributed by atoms with Crippen molar-refractivity contribution in [3.8, 4) is 0 Å². The van der Waals surface area contributed by atoms with Gasteiger partial charge in [-0.2, -0.15) is 0 Å². The molecule has 0 aliphatic carbocycles. The van der Waals surface area contributed by atoms with Gasteiger partial charge in [-0.25, -0.2) is 8.42 Å². The first-order chi connectivity index (χ1) is 7.16. The quantitative estimate of drug-likeness (QED) is 0.698. The molecule has 2 N–H and O–H groups in total. The molecule has 2 saturated heterocycles. The zero-order valence-corrected chi connectivity index (χ0v) is 9.85. The smallest absolute Gasteiger partial charge is 0.151 e. The molecule has 2 rings (SSSR count). The second-order valence-electron chi connectivity index (χ2n) is 4.66. The first kappa shape index (κ1) is 11.4. The first-order valence-corrected chi connectivity index (χ1v) is 7.65. The van der Waals surface area contributed by atoms with Crippen LogP contribution in [0.15, 0.2) is 0 Å². The number of piperidine rings is 1. The van der Waals surface area contributed by atoms with Crippen LogP contribution in [0.4, 0.5) is 0 Å². The van der Waals surface area contributed by atoms with E-state index in [1.54, 1.807) is 0 Å². The van der Waals surface area contributed by atoms with Crippen LogP contribution in [0.25, 0.3) is 0 Å². The Hall–Kier alpha value is -0.130. The third kappa shape index (κ3) is 3.43. The Kier molecular flexibility index (Phi) is 3.64. The molecule has 0 bridgehead atoms. The fourth-order valence-corrected chi connectivity index (χ4v) is 4.13. The second kappa shape index (κ2) is 4.80. The van der Waals surface area contributed by atoms with Crippen molar-refractivity contribution in [1.29, 1.82) is 0 Å². The summed E-state index contributed by atoms with van der Waals surface area (Å²) in [7, 11) is -2.77. The maximum atomic E-state index is 11.4. The molecule has 0 saturated carbocycles. The molecule has 2 fully saturated rings. The Bertz CT molecular complexity index is 297. The molecule has 88 valence electrons. The molecule has 0 aromatic carbocycles. The van der Waals surface area contributed by atoms with E-state index in [4.69, 9.17) is 0 Å². The fraction of sp³-hybridized carbons (Fsp3) is 1.00. The zero-order chi connectivity index (χ0) is 10.7. The predicted octanol–water partition coefficient (Wildman–Crippen LogP) is -0.0948. The van der Waals surface area contributed by atoms with Crippen LogP contribution in [-0.4, -0.2) is 45.1 Å². The zero-order valence-electron chi connectivity index (χ0n) is 9.04. The molecule has 4 nitrogen and oxygen atoms in total. The van der Waals surface area contributed by atoms with E-state index in [-0.39, 0.29) is 6.04 Å². The van der Waals surface area contributed by atoms with Gasteiger partial charge in [-0.05, 0) is 32.2 Å². The molecule has 0 aromatic rings. The summed E-state index contributed by atoms with van der Waals surface area (Å²) in [4.78, 5) is 0. The number of hydrogen-bond acceptors (Lipinski definition) is 4. The Labute approximate surface area is 91.7 Å². The van der Waals surface area contributed by atoms with E-state index in [1.807, 2.05) is 0 Å². The lowest BCUT2D eigenvalue weighted by Crippen LogP contribution is -2.50. The Morgan fingerprint density at radius 2 is 1.93 bits per heavy atom. The molecule has 0 amide bonds. The molecule has 0 spiro atoms. The Morgan fingerprint density at radius 3 is 2.60 bits per heavy atom. The first-order valence-electron chi connectivity index (χ1n) is 5.83. The van der Waals surface area contributed by atoms with Crippen molar-refractivity contribution in [2.45, 2.75) is 37.8 Å². The topological polar surface area (TPSA) is 58.2 Å². The van der Waals surface area contributed by atoms with Crippen LogP contribution < -0.4 is 10.6 Å². The largest absolute Gasteiger partial charge is 0.315 e. The minimum Gasteiger partial charge on any atom is -0.315 e. The Balaban J connectivity index is 1.83. The molecule has 5 heteroatoms. The minimum atomic E-state index is -2.77. The minimum absolute atomic E-state index is 0.189. The Morgan fingerprint density at radius 1 is 1.13 bits per heavy atom. The standard InChI is InChI=1S/C10H20N2O2S/c13-15(14)6-2-4-10(8-15)12-9-3-1-5-11-7-9/h9-12H,1-8H2. The van der Waals surface area contributed by atoms with Crippen molar-refractivity contribution in [2.75, 3.05) is 24.6 Å². The van der Waals surface area contributed by atoms with Gasteiger partial charge in [0.05, 0.1) is 11.5 Å². The lowest BCUT2D eigenvalue weighted by atomic mass is 10.1. The summed E-state index contributed by atoms with van der Waals surface area (Å²) < 4.78 is 22.9. The maximum Gasteiger partial charge on any atom is 0.151 e. The van der Waals surface area contributed by atoms with E-state index < -0.39 is 9.84 Å². The maximum absolute atomic E-state index is 11.4. The normalized spacial score (nSPS) is 36.3. The van der Waals surface area contributed by atoms with Gasteiger partial charge < -0.3 is 10.6 Å². The summed E-state index contributed by atoms with van der Waals surface area (Å²) in [6.45, 7) is 2.08. The van der Waals surface area contributed by atoms with Crippen LogP contribution in [0, 0.1) is 0 Å². The third-order valence-electron chi connectivity index (χ3n) is 3.23. The average molecular weight is 232 g/mol. The summed E-state index contributed by atoms with van der Waals surface area (Å²) in [5.41, 5.74) is 0. The van der Waals surface area contributed by atoms with Crippen molar-refractivity contribution in [2.24, 2.45) is 0 Å². The molecule has 0 radical (unpaired) electrons. The van der Waals surface area contributed by atoms with Crippen molar-refractivity contribution in [3.05, 3.63) is 0 Å². The number of sulfone groups is 1. The van der Waals surface area contributed by atoms with Crippen LogP contribution in [0.3, 0.4) is 0 Å². The highest BCUT2D eigenvalue weighted by atomic mass is 32.2. The van der Waals surface area contributed by atoms with Crippen LogP contribution in [-0.2, 0) is 9.84 Å². The highest BCUT2D eigenvalue weighted by molar-refractivity contribution is 7.91. The van der Waals surface area contributed by atoms with Gasteiger partial charge >= 0.3 is 0 Å². The van der Waals surface area contributed by atoms with E-state index in [0.717, 1.165) is 25.9 Å². The summed E-state index contributed by atoms with van der Waals surface area (Å²) in [6.07, 6.45) is 4.19. The van der Waals surface area contributed by atoms with E-state index in [9.17, 15) is 8.42 Å². The van der Waals surface area contributed by atoms with Crippen molar-refractivity contribution in [1.82, 2.24) is 10.6 Å². The molecular formula is C10H20N2O2S. The molecule has 2 aliphatic rings. The monoisotopic (exact) mass is 232 g/mol. The molecule has 0 aromatic heterocycles. The lowest BCUT2D eigenvalue weighted by Gasteiger charge is -2.30. The lowest BCUT2D eigenvalue weighted by molar-refractivity contribution is 0.346. The molecule has 2 unspecified atom stereocenters. The summed E-state index contributed by atoms with van der Waals surface area (Å²) in [6, 6.07) is 0.658. The highest BCUT2D eigenvalue weighted by Crippen LogP contribution is 2.14. The van der Waals surface area contributed by atoms with Crippen LogP contribution in [0.5, 0.6) is 0 Å². The van der Waals surface area contributed by atoms with Gasteiger partial charge in [-0.1, -0.05) is 0 Å². The van der Waals surface area contributed by atoms with Gasteiger partial charge in [0.2, 0.25) is 0 Å². The fourth-order valence-electron chi connectivity index (χ4n) is 2.48. The van der Waals surface area contributed by atoms with Crippen molar-refractivity contribution in [3.63, 3.8) is 0 Å². The van der Waals surface area contributed by atoms with E-state index >= 15 is 0 Å². The SMILES string of the molecule is O=S1(=O)CCCC(NC2CCCNC2)C1. The van der Waals surface area contributed by atoms with E-state index in [2.05, 4.69) is 10.6 Å². The molecule has 2 atom stereocenters. The summed E-state index contributed by atoms with van der Waals surface area (Å²) >= 11 is 0. The van der Waals surface area contributed by atoms with E-state index in [0.29, 0.717) is 17.5 Å². The van der Waals surface area contributed by atoms with Gasteiger partial charge in [-0.3, -0.25) is 0 Å². The molecule has 2 aliphatic heterocycles. The summed E-state index contributed by atoms with van der Waals surface area (Å²) in [5.74, 6) is 0.720. The van der Waals surface area contributed by atoms with Gasteiger partial charge in [0.15, 0.2) is 9.84 Å². The predicted molar refractivity (Wildman–Crippen MR) is 60.7 cm³/mol. The van der Waals surface area contributed by atoms with Gasteiger partial charge in [-0.15, -0.1) is 0 Å². The third-order valence-corrected chi connectivity index (χ3v) is 5.05. The van der Waals surface area contributed by atoms with Crippen molar-refractivity contribution >= 4 is 9.84 Å². The number of hydrogen-bond donors (Lipinski definition) is 2.